The minimum absolute atomic E-state index is 0. The van der Waals surface area contributed by atoms with Crippen molar-refractivity contribution in [1.82, 2.24) is 10.6 Å². The summed E-state index contributed by atoms with van der Waals surface area (Å²) in [5.74, 6) is 1.86. The van der Waals surface area contributed by atoms with Crippen LogP contribution in [0, 0.1) is 0 Å². The van der Waals surface area contributed by atoms with Gasteiger partial charge in [-0.1, -0.05) is 31.5 Å². The summed E-state index contributed by atoms with van der Waals surface area (Å²) < 4.78 is 5.78. The fourth-order valence-corrected chi connectivity index (χ4v) is 2.07. The first-order valence-electron chi connectivity index (χ1n) is 7.25. The summed E-state index contributed by atoms with van der Waals surface area (Å²) in [6.07, 6.45) is 3.19. The van der Waals surface area contributed by atoms with Gasteiger partial charge in [-0.15, -0.1) is 24.0 Å². The van der Waals surface area contributed by atoms with Crippen molar-refractivity contribution in [3.8, 4) is 0 Å². The van der Waals surface area contributed by atoms with Gasteiger partial charge in [0, 0.05) is 31.9 Å². The molecule has 116 valence electrons. The molecule has 2 aromatic rings. The highest BCUT2D eigenvalue weighted by molar-refractivity contribution is 14.0. The van der Waals surface area contributed by atoms with Crippen LogP contribution in [0.15, 0.2) is 39.7 Å². The molecule has 0 amide bonds. The van der Waals surface area contributed by atoms with E-state index < -0.39 is 0 Å². The lowest BCUT2D eigenvalue weighted by Crippen LogP contribution is -2.38. The molecule has 0 aliphatic carbocycles. The van der Waals surface area contributed by atoms with Crippen LogP contribution >= 0.6 is 24.0 Å². The van der Waals surface area contributed by atoms with Gasteiger partial charge in [0.05, 0.1) is 0 Å². The van der Waals surface area contributed by atoms with E-state index in [1.807, 2.05) is 18.2 Å². The summed E-state index contributed by atoms with van der Waals surface area (Å²) in [6, 6.07) is 10.2. The summed E-state index contributed by atoms with van der Waals surface area (Å²) in [5, 5.41) is 7.75. The van der Waals surface area contributed by atoms with Crippen molar-refractivity contribution in [2.75, 3.05) is 20.1 Å². The van der Waals surface area contributed by atoms with E-state index >= 15 is 0 Å². The average molecular weight is 401 g/mol. The Morgan fingerprint density at radius 2 is 1.95 bits per heavy atom. The monoisotopic (exact) mass is 401 g/mol. The van der Waals surface area contributed by atoms with Gasteiger partial charge in [0.2, 0.25) is 0 Å². The van der Waals surface area contributed by atoms with Crippen LogP contribution < -0.4 is 10.6 Å². The standard InChI is InChI=1S/C16H23N3O.HI/c1-3-4-10-18-16(17-2)19-11-9-14-12-13-7-5-6-8-15(13)20-14;/h5-8,12H,3-4,9-11H2,1-2H3,(H2,17,18,19);1H. The Morgan fingerprint density at radius 1 is 1.19 bits per heavy atom. The van der Waals surface area contributed by atoms with Crippen LogP contribution in [0.5, 0.6) is 0 Å². The van der Waals surface area contributed by atoms with E-state index in [4.69, 9.17) is 4.42 Å². The summed E-state index contributed by atoms with van der Waals surface area (Å²) >= 11 is 0. The van der Waals surface area contributed by atoms with Crippen LogP contribution in [0.1, 0.15) is 25.5 Å². The zero-order valence-corrected chi connectivity index (χ0v) is 15.0. The highest BCUT2D eigenvalue weighted by Crippen LogP contribution is 2.18. The Kier molecular flexibility index (Phi) is 8.19. The molecular formula is C16H24IN3O. The smallest absolute Gasteiger partial charge is 0.190 e. The van der Waals surface area contributed by atoms with Crippen LogP contribution in [0.25, 0.3) is 11.0 Å². The second-order valence-corrected chi connectivity index (χ2v) is 4.78. The van der Waals surface area contributed by atoms with E-state index in [1.165, 1.54) is 6.42 Å². The zero-order valence-electron chi connectivity index (χ0n) is 12.7. The largest absolute Gasteiger partial charge is 0.461 e. The lowest BCUT2D eigenvalue weighted by molar-refractivity contribution is 0.544. The number of aliphatic imine (C=N–C) groups is 1. The third-order valence-electron chi connectivity index (χ3n) is 3.19. The second kappa shape index (κ2) is 9.65. The van der Waals surface area contributed by atoms with Crippen molar-refractivity contribution in [3.05, 3.63) is 36.1 Å². The van der Waals surface area contributed by atoms with E-state index in [9.17, 15) is 0 Å². The molecule has 1 aromatic carbocycles. The summed E-state index contributed by atoms with van der Waals surface area (Å²) in [5.41, 5.74) is 0.952. The fourth-order valence-electron chi connectivity index (χ4n) is 2.07. The third kappa shape index (κ3) is 5.57. The molecule has 0 spiro atoms. The van der Waals surface area contributed by atoms with Crippen LogP contribution in [-0.2, 0) is 6.42 Å². The molecular weight excluding hydrogens is 377 g/mol. The molecule has 0 radical (unpaired) electrons. The highest BCUT2D eigenvalue weighted by Gasteiger charge is 2.03. The normalized spacial score (nSPS) is 11.2. The second-order valence-electron chi connectivity index (χ2n) is 4.78. The van der Waals surface area contributed by atoms with Gasteiger partial charge >= 0.3 is 0 Å². The van der Waals surface area contributed by atoms with Crippen molar-refractivity contribution >= 4 is 40.9 Å². The van der Waals surface area contributed by atoms with Gasteiger partial charge in [-0.05, 0) is 18.6 Å². The topological polar surface area (TPSA) is 49.6 Å². The molecule has 2 N–H and O–H groups in total. The molecule has 0 atom stereocenters. The van der Waals surface area contributed by atoms with Gasteiger partial charge in [0.15, 0.2) is 5.96 Å². The lowest BCUT2D eigenvalue weighted by atomic mass is 10.2. The van der Waals surface area contributed by atoms with Gasteiger partial charge in [0.1, 0.15) is 11.3 Å². The number of guanidine groups is 1. The molecule has 0 saturated carbocycles. The van der Waals surface area contributed by atoms with Gasteiger partial charge in [-0.25, -0.2) is 0 Å². The average Bonchev–Trinajstić information content (AvgIpc) is 2.88. The van der Waals surface area contributed by atoms with Gasteiger partial charge in [-0.2, -0.15) is 0 Å². The van der Waals surface area contributed by atoms with Crippen LogP contribution in [0.3, 0.4) is 0 Å². The van der Waals surface area contributed by atoms with Gasteiger partial charge in [0.25, 0.3) is 0 Å². The molecule has 21 heavy (non-hydrogen) atoms. The third-order valence-corrected chi connectivity index (χ3v) is 3.19. The number of fused-ring (bicyclic) bond motifs is 1. The first-order valence-corrected chi connectivity index (χ1v) is 7.25. The number of unbranched alkanes of at least 4 members (excludes halogenated alkanes) is 1. The number of para-hydroxylation sites is 1. The van der Waals surface area contributed by atoms with Crippen molar-refractivity contribution < 1.29 is 4.42 Å². The van der Waals surface area contributed by atoms with Crippen LogP contribution in [0.4, 0.5) is 0 Å². The van der Waals surface area contributed by atoms with E-state index in [0.717, 1.165) is 48.6 Å². The van der Waals surface area contributed by atoms with Crippen molar-refractivity contribution in [3.63, 3.8) is 0 Å². The summed E-state index contributed by atoms with van der Waals surface area (Å²) in [7, 11) is 1.79. The predicted octanol–water partition coefficient (Wildman–Crippen LogP) is 3.56. The van der Waals surface area contributed by atoms with E-state index in [0.29, 0.717) is 0 Å². The minimum atomic E-state index is 0. The number of rotatable bonds is 6. The molecule has 5 heteroatoms. The van der Waals surface area contributed by atoms with E-state index in [1.54, 1.807) is 7.05 Å². The molecule has 1 heterocycles. The highest BCUT2D eigenvalue weighted by atomic mass is 127. The predicted molar refractivity (Wildman–Crippen MR) is 99.6 cm³/mol. The number of nitrogens with one attached hydrogen (secondary N) is 2. The van der Waals surface area contributed by atoms with E-state index in [2.05, 4.69) is 34.7 Å². The Morgan fingerprint density at radius 3 is 2.67 bits per heavy atom. The SMILES string of the molecule is CCCCNC(=NC)NCCc1cc2ccccc2o1.I. The maximum atomic E-state index is 5.78. The Balaban J connectivity index is 0.00000220. The fraction of sp³-hybridized carbons (Fsp3) is 0.438. The molecule has 4 nitrogen and oxygen atoms in total. The zero-order chi connectivity index (χ0) is 14.2. The Bertz CT molecular complexity index is 532. The molecule has 2 rings (SSSR count). The molecule has 0 aliphatic heterocycles. The molecule has 0 aliphatic rings. The van der Waals surface area contributed by atoms with Crippen LogP contribution in [-0.4, -0.2) is 26.1 Å². The molecule has 0 unspecified atom stereocenters. The number of hydrogen-bond donors (Lipinski definition) is 2. The molecule has 0 fully saturated rings. The Hall–Kier alpha value is -1.24. The summed E-state index contributed by atoms with van der Waals surface area (Å²) in [6.45, 7) is 3.95. The first kappa shape index (κ1) is 17.8. The lowest BCUT2D eigenvalue weighted by Gasteiger charge is -2.10. The molecule has 0 bridgehead atoms. The van der Waals surface area contributed by atoms with Crippen LogP contribution in [0.2, 0.25) is 0 Å². The van der Waals surface area contributed by atoms with Crippen molar-refractivity contribution in [2.24, 2.45) is 4.99 Å². The number of benzene rings is 1. The minimum Gasteiger partial charge on any atom is -0.461 e. The molecule has 1 aromatic heterocycles. The number of hydrogen-bond acceptors (Lipinski definition) is 2. The van der Waals surface area contributed by atoms with Crippen molar-refractivity contribution in [1.29, 1.82) is 0 Å². The molecule has 0 saturated heterocycles. The van der Waals surface area contributed by atoms with Crippen molar-refractivity contribution in [2.45, 2.75) is 26.2 Å². The number of nitrogens with zero attached hydrogens (tertiary/aromatic N) is 1. The quantitative estimate of drug-likeness (QED) is 0.337. The maximum Gasteiger partial charge on any atom is 0.190 e. The number of halogens is 1. The number of furan rings is 1. The summed E-state index contributed by atoms with van der Waals surface area (Å²) in [4.78, 5) is 4.20. The van der Waals surface area contributed by atoms with E-state index in [-0.39, 0.29) is 24.0 Å². The van der Waals surface area contributed by atoms with Gasteiger partial charge < -0.3 is 15.1 Å². The Labute approximate surface area is 143 Å². The van der Waals surface area contributed by atoms with Gasteiger partial charge in [-0.3, -0.25) is 4.99 Å². The maximum absolute atomic E-state index is 5.78. The first-order chi connectivity index (χ1) is 9.83.